The first-order valence-electron chi connectivity index (χ1n) is 10.4. The molecular weight excluding hydrogens is 395 g/mol. The smallest absolute Gasteiger partial charge is 0.185 e. The van der Waals surface area contributed by atoms with Crippen molar-refractivity contribution in [1.29, 1.82) is 0 Å². The molecule has 8 heteroatoms. The molecule has 0 aliphatic carbocycles. The Morgan fingerprint density at radius 2 is 1.87 bits per heavy atom. The molecule has 0 radical (unpaired) electrons. The number of fused-ring (bicyclic) bond motifs is 3. The lowest BCUT2D eigenvalue weighted by Crippen LogP contribution is -2.12. The van der Waals surface area contributed by atoms with Crippen molar-refractivity contribution in [3.05, 3.63) is 65.5 Å². The number of hydrogen-bond donors (Lipinski definition) is 2. The third-order valence-corrected chi connectivity index (χ3v) is 5.53. The summed E-state index contributed by atoms with van der Waals surface area (Å²) in [5, 5.41) is 20.7. The molecular formula is C23H23FN6O. The van der Waals surface area contributed by atoms with E-state index < -0.39 is 0 Å². The van der Waals surface area contributed by atoms with Crippen LogP contribution in [-0.4, -0.2) is 33.5 Å². The van der Waals surface area contributed by atoms with Crippen molar-refractivity contribution < 1.29 is 9.13 Å². The number of benzene rings is 2. The van der Waals surface area contributed by atoms with Gasteiger partial charge in [0.2, 0.25) is 0 Å². The molecule has 3 heterocycles. The van der Waals surface area contributed by atoms with E-state index in [1.165, 1.54) is 12.1 Å². The minimum atomic E-state index is -0.243. The van der Waals surface area contributed by atoms with E-state index in [2.05, 4.69) is 20.8 Å². The van der Waals surface area contributed by atoms with Gasteiger partial charge in [-0.15, -0.1) is 15.3 Å². The van der Waals surface area contributed by atoms with E-state index in [1.807, 2.05) is 24.3 Å². The summed E-state index contributed by atoms with van der Waals surface area (Å²) in [6, 6.07) is 14.2. The first-order valence-corrected chi connectivity index (χ1v) is 10.4. The van der Waals surface area contributed by atoms with Crippen LogP contribution in [0, 0.1) is 5.82 Å². The van der Waals surface area contributed by atoms with Crippen molar-refractivity contribution >= 4 is 17.2 Å². The van der Waals surface area contributed by atoms with Crippen LogP contribution in [0.15, 0.2) is 48.5 Å². The molecule has 1 aliphatic rings. The summed E-state index contributed by atoms with van der Waals surface area (Å²) in [5.41, 5.74) is 4.74. The standard InChI is InChI=1S/C23H23FN6O/c1-31-18-11-7-16(8-12-18)22-27-28-23-19-4-2-3-13-25-20(19)21(29-30(22)23)26-14-15-5-9-17(24)10-6-15/h5-12,25H,2-4,13-14H2,1H3,(H,26,29). The van der Waals surface area contributed by atoms with Crippen LogP contribution in [0.5, 0.6) is 5.75 Å². The third-order valence-electron chi connectivity index (χ3n) is 5.53. The summed E-state index contributed by atoms with van der Waals surface area (Å²) < 4.78 is 20.3. The molecule has 7 nitrogen and oxygen atoms in total. The highest BCUT2D eigenvalue weighted by Crippen LogP contribution is 2.33. The van der Waals surface area contributed by atoms with Crippen LogP contribution < -0.4 is 15.4 Å². The highest BCUT2D eigenvalue weighted by molar-refractivity contribution is 5.77. The molecule has 0 spiro atoms. The molecule has 0 bridgehead atoms. The van der Waals surface area contributed by atoms with Gasteiger partial charge in [0.15, 0.2) is 17.3 Å². The highest BCUT2D eigenvalue weighted by atomic mass is 19.1. The van der Waals surface area contributed by atoms with Crippen molar-refractivity contribution in [3.63, 3.8) is 0 Å². The van der Waals surface area contributed by atoms with E-state index in [9.17, 15) is 4.39 Å². The van der Waals surface area contributed by atoms with Crippen LogP contribution in [0.1, 0.15) is 24.0 Å². The summed E-state index contributed by atoms with van der Waals surface area (Å²) in [7, 11) is 1.64. The molecule has 0 unspecified atom stereocenters. The third kappa shape index (κ3) is 3.76. The number of nitrogens with zero attached hydrogens (tertiary/aromatic N) is 4. The Labute approximate surface area is 179 Å². The molecule has 158 valence electrons. The molecule has 5 rings (SSSR count). The number of halogens is 1. The molecule has 0 saturated heterocycles. The number of anilines is 2. The zero-order valence-electron chi connectivity index (χ0n) is 17.2. The van der Waals surface area contributed by atoms with Crippen LogP contribution in [-0.2, 0) is 13.0 Å². The monoisotopic (exact) mass is 418 g/mol. The average Bonchev–Trinajstić information content (AvgIpc) is 3.06. The number of rotatable bonds is 5. The van der Waals surface area contributed by atoms with Crippen molar-refractivity contribution in [2.24, 2.45) is 0 Å². The summed E-state index contributed by atoms with van der Waals surface area (Å²) in [5.74, 6) is 1.95. The normalized spacial score (nSPS) is 13.4. The SMILES string of the molecule is COc1ccc(-c2nnc3c4c(c(NCc5ccc(F)cc5)nn23)NCCCC4)cc1. The van der Waals surface area contributed by atoms with Gasteiger partial charge in [-0.2, -0.15) is 4.52 Å². The van der Waals surface area contributed by atoms with E-state index >= 15 is 0 Å². The molecule has 2 aromatic heterocycles. The van der Waals surface area contributed by atoms with Crippen molar-refractivity contribution in [3.8, 4) is 17.1 Å². The maximum atomic E-state index is 13.2. The van der Waals surface area contributed by atoms with E-state index in [-0.39, 0.29) is 5.82 Å². The first kappa shape index (κ1) is 19.3. The van der Waals surface area contributed by atoms with E-state index in [0.29, 0.717) is 12.4 Å². The second kappa shape index (κ2) is 8.22. The number of ether oxygens (including phenoxy) is 1. The van der Waals surface area contributed by atoms with Gasteiger partial charge in [0.1, 0.15) is 11.6 Å². The van der Waals surface area contributed by atoms with Gasteiger partial charge in [-0.3, -0.25) is 0 Å². The maximum Gasteiger partial charge on any atom is 0.185 e. The number of methoxy groups -OCH3 is 1. The molecule has 31 heavy (non-hydrogen) atoms. The average molecular weight is 418 g/mol. The van der Waals surface area contributed by atoms with Gasteiger partial charge in [0.25, 0.3) is 0 Å². The van der Waals surface area contributed by atoms with Gasteiger partial charge in [-0.25, -0.2) is 4.39 Å². The molecule has 0 amide bonds. The number of nitrogens with one attached hydrogen (secondary N) is 2. The minimum Gasteiger partial charge on any atom is -0.497 e. The lowest BCUT2D eigenvalue weighted by atomic mass is 10.1. The molecule has 4 aromatic rings. The molecule has 2 aromatic carbocycles. The Morgan fingerprint density at radius 3 is 2.65 bits per heavy atom. The zero-order valence-corrected chi connectivity index (χ0v) is 17.2. The largest absolute Gasteiger partial charge is 0.497 e. The molecule has 0 atom stereocenters. The van der Waals surface area contributed by atoms with Crippen LogP contribution in [0.4, 0.5) is 15.9 Å². The quantitative estimate of drug-likeness (QED) is 0.503. The first-order chi connectivity index (χ1) is 15.2. The Hall–Kier alpha value is -3.68. The van der Waals surface area contributed by atoms with E-state index in [1.54, 1.807) is 23.8 Å². The summed E-state index contributed by atoms with van der Waals surface area (Å²) in [6.45, 7) is 1.42. The summed E-state index contributed by atoms with van der Waals surface area (Å²) in [4.78, 5) is 0. The second-order valence-corrected chi connectivity index (χ2v) is 7.55. The Kier molecular flexibility index (Phi) is 5.11. The van der Waals surface area contributed by atoms with Gasteiger partial charge in [0.05, 0.1) is 12.8 Å². The maximum absolute atomic E-state index is 13.2. The Morgan fingerprint density at radius 1 is 1.06 bits per heavy atom. The van der Waals surface area contributed by atoms with Crippen LogP contribution >= 0.6 is 0 Å². The lowest BCUT2D eigenvalue weighted by Gasteiger charge is -2.16. The van der Waals surface area contributed by atoms with Crippen LogP contribution in [0.2, 0.25) is 0 Å². The Bertz CT molecular complexity index is 1200. The predicted molar refractivity (Wildman–Crippen MR) is 118 cm³/mol. The topological polar surface area (TPSA) is 76.4 Å². The van der Waals surface area contributed by atoms with Gasteiger partial charge in [-0.05, 0) is 61.2 Å². The number of aromatic nitrogens is 4. The van der Waals surface area contributed by atoms with E-state index in [0.717, 1.165) is 65.4 Å². The molecule has 1 aliphatic heterocycles. The Balaban J connectivity index is 1.57. The van der Waals surface area contributed by atoms with Crippen molar-refractivity contribution in [2.75, 3.05) is 24.3 Å². The fourth-order valence-corrected chi connectivity index (χ4v) is 3.87. The highest BCUT2D eigenvalue weighted by Gasteiger charge is 2.21. The van der Waals surface area contributed by atoms with Crippen molar-refractivity contribution in [2.45, 2.75) is 25.8 Å². The van der Waals surface area contributed by atoms with Gasteiger partial charge in [0, 0.05) is 24.2 Å². The predicted octanol–water partition coefficient (Wildman–Crippen LogP) is 4.30. The van der Waals surface area contributed by atoms with Gasteiger partial charge < -0.3 is 15.4 Å². The fraction of sp³-hybridized carbons (Fsp3) is 0.261. The zero-order chi connectivity index (χ0) is 21.2. The van der Waals surface area contributed by atoms with E-state index in [4.69, 9.17) is 9.84 Å². The minimum absolute atomic E-state index is 0.243. The lowest BCUT2D eigenvalue weighted by molar-refractivity contribution is 0.415. The summed E-state index contributed by atoms with van der Waals surface area (Å²) >= 11 is 0. The second-order valence-electron chi connectivity index (χ2n) is 7.55. The van der Waals surface area contributed by atoms with Gasteiger partial charge in [-0.1, -0.05) is 12.1 Å². The number of aryl methyl sites for hydroxylation is 1. The van der Waals surface area contributed by atoms with Crippen molar-refractivity contribution in [1.82, 2.24) is 19.8 Å². The molecule has 2 N–H and O–H groups in total. The summed E-state index contributed by atoms with van der Waals surface area (Å²) in [6.07, 6.45) is 3.06. The molecule has 0 fully saturated rings. The van der Waals surface area contributed by atoms with Gasteiger partial charge >= 0.3 is 0 Å². The van der Waals surface area contributed by atoms with Crippen LogP contribution in [0.25, 0.3) is 17.0 Å². The fourth-order valence-electron chi connectivity index (χ4n) is 3.87. The van der Waals surface area contributed by atoms with Crippen LogP contribution in [0.3, 0.4) is 0 Å². The number of hydrogen-bond acceptors (Lipinski definition) is 6. The molecule has 0 saturated carbocycles.